The van der Waals surface area contributed by atoms with Crippen LogP contribution < -0.4 is 5.32 Å². The predicted molar refractivity (Wildman–Crippen MR) is 80.8 cm³/mol. The third-order valence-electron chi connectivity index (χ3n) is 3.54. The first-order chi connectivity index (χ1) is 9.85. The van der Waals surface area contributed by atoms with Crippen molar-refractivity contribution in [3.8, 4) is 0 Å². The van der Waals surface area contributed by atoms with Crippen LogP contribution in [0.4, 0.5) is 0 Å². The van der Waals surface area contributed by atoms with E-state index in [9.17, 15) is 9.59 Å². The quantitative estimate of drug-likeness (QED) is 0.867. The monoisotopic (exact) mass is 289 g/mol. The van der Waals surface area contributed by atoms with Crippen molar-refractivity contribution in [1.82, 2.24) is 5.32 Å². The van der Waals surface area contributed by atoms with Gasteiger partial charge in [-0.1, -0.05) is 30.3 Å². The Kier molecular flexibility index (Phi) is 4.66. The molecule has 1 aliphatic heterocycles. The van der Waals surface area contributed by atoms with Crippen LogP contribution in [-0.4, -0.2) is 23.5 Å². The predicted octanol–water partition coefficient (Wildman–Crippen LogP) is 2.78. The van der Waals surface area contributed by atoms with Gasteiger partial charge < -0.3 is 10.1 Å². The molecule has 2 unspecified atom stereocenters. The van der Waals surface area contributed by atoms with Gasteiger partial charge in [0.15, 0.2) is 0 Å². The average Bonchev–Trinajstić information content (AvgIpc) is 2.77. The lowest BCUT2D eigenvalue weighted by Crippen LogP contribution is -2.30. The molecule has 4 nitrogen and oxygen atoms in total. The average molecular weight is 289 g/mol. The fourth-order valence-corrected chi connectivity index (χ4v) is 2.70. The Morgan fingerprint density at radius 1 is 1.29 bits per heavy atom. The molecular formula is C17H23NO3. The van der Waals surface area contributed by atoms with Crippen molar-refractivity contribution in [2.75, 3.05) is 0 Å². The number of ether oxygens (including phenoxy) is 1. The molecule has 0 aliphatic carbocycles. The summed E-state index contributed by atoms with van der Waals surface area (Å²) in [6, 6.07) is 9.99. The summed E-state index contributed by atoms with van der Waals surface area (Å²) < 4.78 is 5.31. The second-order valence-electron chi connectivity index (χ2n) is 6.52. The number of hydrogen-bond acceptors (Lipinski definition) is 3. The van der Waals surface area contributed by atoms with E-state index in [1.807, 2.05) is 51.1 Å². The van der Waals surface area contributed by atoms with Crippen molar-refractivity contribution in [3.05, 3.63) is 35.9 Å². The number of carbonyl (C=O) groups excluding carboxylic acids is 2. The van der Waals surface area contributed by atoms with Crippen LogP contribution in [0.5, 0.6) is 0 Å². The summed E-state index contributed by atoms with van der Waals surface area (Å²) in [4.78, 5) is 23.5. The molecule has 0 saturated carbocycles. The molecule has 1 N–H and O–H groups in total. The highest BCUT2D eigenvalue weighted by Crippen LogP contribution is 2.30. The molecule has 2 rings (SSSR count). The maximum absolute atomic E-state index is 11.8. The highest BCUT2D eigenvalue weighted by atomic mass is 16.6. The summed E-state index contributed by atoms with van der Waals surface area (Å²) in [5, 5.41) is 2.97. The highest BCUT2D eigenvalue weighted by molar-refractivity contribution is 5.80. The largest absolute Gasteiger partial charge is 0.460 e. The normalized spacial score (nSPS) is 22.0. The van der Waals surface area contributed by atoms with Crippen LogP contribution >= 0.6 is 0 Å². The number of benzene rings is 1. The summed E-state index contributed by atoms with van der Waals surface area (Å²) >= 11 is 0. The minimum atomic E-state index is -0.463. The van der Waals surface area contributed by atoms with Crippen molar-refractivity contribution >= 4 is 11.9 Å². The number of hydrogen-bond donors (Lipinski definition) is 1. The Bertz CT molecular complexity index is 505. The van der Waals surface area contributed by atoms with Crippen molar-refractivity contribution in [2.24, 2.45) is 0 Å². The molecule has 1 fully saturated rings. The van der Waals surface area contributed by atoms with Gasteiger partial charge in [0.1, 0.15) is 5.60 Å². The first-order valence-corrected chi connectivity index (χ1v) is 7.41. The SMILES string of the molecule is CC(C)(C)OC(=O)CCC1NC(=O)CC1c1ccccc1. The molecule has 4 heteroatoms. The third kappa shape index (κ3) is 4.59. The zero-order chi connectivity index (χ0) is 15.5. The highest BCUT2D eigenvalue weighted by Gasteiger charge is 2.33. The van der Waals surface area contributed by atoms with E-state index in [1.54, 1.807) is 0 Å². The maximum atomic E-state index is 11.8. The van der Waals surface area contributed by atoms with Crippen LogP contribution in [-0.2, 0) is 14.3 Å². The zero-order valence-corrected chi connectivity index (χ0v) is 12.9. The molecule has 0 bridgehead atoms. The van der Waals surface area contributed by atoms with E-state index in [0.29, 0.717) is 19.3 Å². The molecule has 0 radical (unpaired) electrons. The minimum absolute atomic E-state index is 0.00687. The van der Waals surface area contributed by atoms with E-state index < -0.39 is 5.60 Å². The lowest BCUT2D eigenvalue weighted by molar-refractivity contribution is -0.155. The maximum Gasteiger partial charge on any atom is 0.306 e. The van der Waals surface area contributed by atoms with Gasteiger partial charge in [-0.15, -0.1) is 0 Å². The lowest BCUT2D eigenvalue weighted by atomic mass is 9.89. The molecule has 21 heavy (non-hydrogen) atoms. The number of amides is 1. The second-order valence-corrected chi connectivity index (χ2v) is 6.52. The minimum Gasteiger partial charge on any atom is -0.460 e. The van der Waals surface area contributed by atoms with Crippen LogP contribution in [0.25, 0.3) is 0 Å². The van der Waals surface area contributed by atoms with E-state index in [-0.39, 0.29) is 23.8 Å². The van der Waals surface area contributed by atoms with Crippen LogP contribution in [0.1, 0.15) is 51.5 Å². The molecule has 0 spiro atoms. The van der Waals surface area contributed by atoms with E-state index in [4.69, 9.17) is 4.74 Å². The third-order valence-corrected chi connectivity index (χ3v) is 3.54. The standard InChI is InChI=1S/C17H23NO3/c1-17(2,3)21-16(20)10-9-14-13(11-15(19)18-14)12-7-5-4-6-8-12/h4-8,13-14H,9-11H2,1-3H3,(H,18,19). The number of carbonyl (C=O) groups is 2. The van der Waals surface area contributed by atoms with Gasteiger partial charge in [-0.2, -0.15) is 0 Å². The summed E-state index contributed by atoms with van der Waals surface area (Å²) in [5.74, 6) is -0.0189. The Morgan fingerprint density at radius 3 is 2.57 bits per heavy atom. The molecule has 1 aromatic carbocycles. The van der Waals surface area contributed by atoms with Crippen LogP contribution in [0.15, 0.2) is 30.3 Å². The second kappa shape index (κ2) is 6.29. The van der Waals surface area contributed by atoms with Crippen LogP contribution in [0, 0.1) is 0 Å². The van der Waals surface area contributed by atoms with Crippen LogP contribution in [0.3, 0.4) is 0 Å². The van der Waals surface area contributed by atoms with E-state index >= 15 is 0 Å². The summed E-state index contributed by atoms with van der Waals surface area (Å²) in [6.07, 6.45) is 1.43. The van der Waals surface area contributed by atoms with Crippen molar-refractivity contribution in [3.63, 3.8) is 0 Å². The van der Waals surface area contributed by atoms with E-state index in [1.165, 1.54) is 0 Å². The molecule has 2 atom stereocenters. The molecule has 114 valence electrons. The molecule has 0 aromatic heterocycles. The molecule has 1 aliphatic rings. The molecule has 1 heterocycles. The smallest absolute Gasteiger partial charge is 0.306 e. The number of nitrogens with one attached hydrogen (secondary N) is 1. The number of esters is 1. The van der Waals surface area contributed by atoms with Gasteiger partial charge in [-0.3, -0.25) is 9.59 Å². The Hall–Kier alpha value is -1.84. The van der Waals surface area contributed by atoms with Crippen LogP contribution in [0.2, 0.25) is 0 Å². The molecule has 1 amide bonds. The Morgan fingerprint density at radius 2 is 1.95 bits per heavy atom. The molecular weight excluding hydrogens is 266 g/mol. The summed E-state index contributed by atoms with van der Waals surface area (Å²) in [5.41, 5.74) is 0.680. The summed E-state index contributed by atoms with van der Waals surface area (Å²) in [7, 11) is 0. The fourth-order valence-electron chi connectivity index (χ4n) is 2.70. The van der Waals surface area contributed by atoms with Gasteiger partial charge in [-0.05, 0) is 32.8 Å². The van der Waals surface area contributed by atoms with Crippen molar-refractivity contribution in [1.29, 1.82) is 0 Å². The van der Waals surface area contributed by atoms with Gasteiger partial charge in [0.25, 0.3) is 0 Å². The van der Waals surface area contributed by atoms with Gasteiger partial charge >= 0.3 is 5.97 Å². The van der Waals surface area contributed by atoms with Gasteiger partial charge in [0.2, 0.25) is 5.91 Å². The van der Waals surface area contributed by atoms with Crippen molar-refractivity contribution < 1.29 is 14.3 Å². The topological polar surface area (TPSA) is 55.4 Å². The fraction of sp³-hybridized carbons (Fsp3) is 0.529. The van der Waals surface area contributed by atoms with Gasteiger partial charge in [0.05, 0.1) is 0 Å². The lowest BCUT2D eigenvalue weighted by Gasteiger charge is -2.22. The summed E-state index contributed by atoms with van der Waals surface area (Å²) in [6.45, 7) is 5.57. The van der Waals surface area contributed by atoms with Gasteiger partial charge in [-0.25, -0.2) is 0 Å². The van der Waals surface area contributed by atoms with Gasteiger partial charge in [0, 0.05) is 24.8 Å². The first-order valence-electron chi connectivity index (χ1n) is 7.41. The zero-order valence-electron chi connectivity index (χ0n) is 12.9. The van der Waals surface area contributed by atoms with E-state index in [2.05, 4.69) is 5.32 Å². The molecule has 1 aromatic rings. The first kappa shape index (κ1) is 15.5. The van der Waals surface area contributed by atoms with Crippen molar-refractivity contribution in [2.45, 2.75) is 57.6 Å². The number of rotatable bonds is 4. The Labute approximate surface area is 125 Å². The Balaban J connectivity index is 1.95. The van der Waals surface area contributed by atoms with E-state index in [0.717, 1.165) is 5.56 Å². The molecule has 1 saturated heterocycles.